The molecule has 74 valence electrons. The highest BCUT2D eigenvalue weighted by Crippen LogP contribution is 2.28. The molecule has 1 aromatic rings. The summed E-state index contributed by atoms with van der Waals surface area (Å²) in [7, 11) is 0. The van der Waals surface area contributed by atoms with E-state index in [1.165, 1.54) is 11.3 Å². The average Bonchev–Trinajstić information content (AvgIpc) is 2.93. The van der Waals surface area contributed by atoms with Crippen LogP contribution in [-0.4, -0.2) is 41.1 Å². The Kier molecular flexibility index (Phi) is 1.81. The number of likely N-dealkylation sites (tertiary alicyclic amines) is 1. The number of aromatic nitrogens is 1. The van der Waals surface area contributed by atoms with Gasteiger partial charge in [-0.15, -0.1) is 11.3 Å². The van der Waals surface area contributed by atoms with Crippen LogP contribution >= 0.6 is 11.3 Å². The molecule has 2 aliphatic heterocycles. The molecule has 0 aliphatic carbocycles. The second-order valence-electron chi connectivity index (χ2n) is 3.68. The molecule has 2 aliphatic rings. The van der Waals surface area contributed by atoms with Crippen molar-refractivity contribution in [3.8, 4) is 0 Å². The molecule has 0 saturated carbocycles. The summed E-state index contributed by atoms with van der Waals surface area (Å²) in [6.07, 6.45) is 1.26. The van der Waals surface area contributed by atoms with Gasteiger partial charge in [-0.25, -0.2) is 4.98 Å². The summed E-state index contributed by atoms with van der Waals surface area (Å²) >= 11 is 1.46. The predicted octanol–water partition coefficient (Wildman–Crippen LogP) is 0.756. The van der Waals surface area contributed by atoms with E-state index in [9.17, 15) is 4.79 Å². The summed E-state index contributed by atoms with van der Waals surface area (Å²) in [6, 6.07) is 0.286. The summed E-state index contributed by atoms with van der Waals surface area (Å²) in [5, 5.41) is 1.80. The molecule has 2 bridgehead atoms. The minimum absolute atomic E-state index is 0.0575. The maximum absolute atomic E-state index is 11.9. The van der Waals surface area contributed by atoms with Gasteiger partial charge in [0.25, 0.3) is 5.91 Å². The lowest BCUT2D eigenvalue weighted by molar-refractivity contribution is 0.0256. The first-order valence-corrected chi connectivity index (χ1v) is 5.59. The van der Waals surface area contributed by atoms with Crippen molar-refractivity contribution in [3.05, 3.63) is 16.6 Å². The first-order valence-electron chi connectivity index (χ1n) is 4.65. The molecule has 3 rings (SSSR count). The van der Waals surface area contributed by atoms with Gasteiger partial charge in [-0.3, -0.25) is 4.79 Å². The average molecular weight is 210 g/mol. The molecule has 1 amide bonds. The number of carbonyl (C=O) groups is 1. The molecule has 1 aromatic heterocycles. The van der Waals surface area contributed by atoms with E-state index in [0.29, 0.717) is 12.3 Å². The molecule has 0 radical (unpaired) electrons. The number of hydrogen-bond donors (Lipinski definition) is 0. The molecule has 2 unspecified atom stereocenters. The fourth-order valence-corrected chi connectivity index (χ4v) is 2.64. The summed E-state index contributed by atoms with van der Waals surface area (Å²) in [4.78, 5) is 17.8. The number of fused-ring (bicyclic) bond motifs is 2. The van der Waals surface area contributed by atoms with E-state index in [0.717, 1.165) is 13.0 Å². The van der Waals surface area contributed by atoms with Crippen molar-refractivity contribution in [2.75, 3.05) is 13.2 Å². The highest BCUT2D eigenvalue weighted by Gasteiger charge is 2.41. The molecule has 0 aromatic carbocycles. The lowest BCUT2D eigenvalue weighted by Crippen LogP contribution is -2.41. The van der Waals surface area contributed by atoms with Gasteiger partial charge < -0.3 is 9.64 Å². The van der Waals surface area contributed by atoms with Crippen LogP contribution in [0.5, 0.6) is 0 Å². The number of carbonyl (C=O) groups excluding carboxylic acids is 1. The number of ether oxygens (including phenoxy) is 1. The minimum Gasteiger partial charge on any atom is -0.374 e. The molecular weight excluding hydrogens is 200 g/mol. The Balaban J connectivity index is 1.81. The number of hydrogen-bond acceptors (Lipinski definition) is 4. The van der Waals surface area contributed by atoms with E-state index in [1.54, 1.807) is 10.9 Å². The van der Waals surface area contributed by atoms with Gasteiger partial charge in [0.1, 0.15) is 5.69 Å². The van der Waals surface area contributed by atoms with Crippen molar-refractivity contribution < 1.29 is 9.53 Å². The fraction of sp³-hybridized carbons (Fsp3) is 0.556. The molecule has 2 fully saturated rings. The van der Waals surface area contributed by atoms with E-state index >= 15 is 0 Å². The van der Waals surface area contributed by atoms with Crippen LogP contribution in [0.15, 0.2) is 10.9 Å². The molecule has 4 nitrogen and oxygen atoms in total. The lowest BCUT2D eigenvalue weighted by Gasteiger charge is -2.25. The number of morpholine rings is 1. The van der Waals surface area contributed by atoms with Gasteiger partial charge in [-0.05, 0) is 6.42 Å². The quantitative estimate of drug-likeness (QED) is 0.687. The van der Waals surface area contributed by atoms with Crippen molar-refractivity contribution >= 4 is 17.2 Å². The predicted molar refractivity (Wildman–Crippen MR) is 51.3 cm³/mol. The smallest absolute Gasteiger partial charge is 0.273 e. The standard InChI is InChI=1S/C9H10N2O2S/c12-9(8-4-14-5-10-8)11-2-7-1-6(11)3-13-7/h4-7H,1-3H2. The van der Waals surface area contributed by atoms with Crippen molar-refractivity contribution in [1.29, 1.82) is 0 Å². The van der Waals surface area contributed by atoms with E-state index in [2.05, 4.69) is 4.98 Å². The van der Waals surface area contributed by atoms with Crippen LogP contribution in [0.1, 0.15) is 16.9 Å². The van der Waals surface area contributed by atoms with E-state index < -0.39 is 0 Å². The summed E-state index contributed by atoms with van der Waals surface area (Å²) < 4.78 is 5.44. The maximum atomic E-state index is 11.9. The van der Waals surface area contributed by atoms with Crippen LogP contribution in [0.3, 0.4) is 0 Å². The zero-order chi connectivity index (χ0) is 9.54. The molecule has 0 N–H and O–H groups in total. The third-order valence-corrected chi connectivity index (χ3v) is 3.40. The van der Waals surface area contributed by atoms with Gasteiger partial charge in [-0.1, -0.05) is 0 Å². The maximum Gasteiger partial charge on any atom is 0.273 e. The van der Waals surface area contributed by atoms with Gasteiger partial charge >= 0.3 is 0 Å². The summed E-state index contributed by atoms with van der Waals surface area (Å²) in [6.45, 7) is 1.43. The Bertz CT molecular complexity index is 352. The summed E-state index contributed by atoms with van der Waals surface area (Å²) in [5.74, 6) is 0.0575. The first kappa shape index (κ1) is 8.38. The Morgan fingerprint density at radius 2 is 2.64 bits per heavy atom. The Morgan fingerprint density at radius 3 is 3.21 bits per heavy atom. The molecular formula is C9H10N2O2S. The zero-order valence-corrected chi connectivity index (χ0v) is 8.37. The van der Waals surface area contributed by atoms with Crippen molar-refractivity contribution in [2.24, 2.45) is 0 Å². The molecule has 14 heavy (non-hydrogen) atoms. The van der Waals surface area contributed by atoms with Crippen molar-refractivity contribution in [2.45, 2.75) is 18.6 Å². The minimum atomic E-state index is 0.0575. The van der Waals surface area contributed by atoms with Crippen molar-refractivity contribution in [1.82, 2.24) is 9.88 Å². The van der Waals surface area contributed by atoms with Gasteiger partial charge in [0.15, 0.2) is 0 Å². The van der Waals surface area contributed by atoms with E-state index in [1.807, 2.05) is 4.90 Å². The van der Waals surface area contributed by atoms with Gasteiger partial charge in [0.2, 0.25) is 0 Å². The topological polar surface area (TPSA) is 42.4 Å². The van der Waals surface area contributed by atoms with Crippen molar-refractivity contribution in [3.63, 3.8) is 0 Å². The lowest BCUT2D eigenvalue weighted by atomic mass is 10.2. The fourth-order valence-electron chi connectivity index (χ4n) is 2.11. The largest absolute Gasteiger partial charge is 0.374 e. The number of nitrogens with zero attached hydrogens (tertiary/aromatic N) is 2. The SMILES string of the molecule is O=C(c1cscn1)N1CC2CC1CO2. The zero-order valence-electron chi connectivity index (χ0n) is 7.55. The number of thiazole rings is 1. The molecule has 5 heteroatoms. The van der Waals surface area contributed by atoms with Gasteiger partial charge in [-0.2, -0.15) is 0 Å². The van der Waals surface area contributed by atoms with E-state index in [-0.39, 0.29) is 18.1 Å². The third kappa shape index (κ3) is 1.16. The van der Waals surface area contributed by atoms with Gasteiger partial charge in [0.05, 0.1) is 24.3 Å². The van der Waals surface area contributed by atoms with Crippen LogP contribution < -0.4 is 0 Å². The monoisotopic (exact) mass is 210 g/mol. The van der Waals surface area contributed by atoms with Crippen LogP contribution in [0.25, 0.3) is 0 Å². The highest BCUT2D eigenvalue weighted by atomic mass is 32.1. The van der Waals surface area contributed by atoms with Gasteiger partial charge in [0, 0.05) is 11.9 Å². The Labute approximate surface area is 85.5 Å². The normalized spacial score (nSPS) is 29.9. The number of amides is 1. The third-order valence-electron chi connectivity index (χ3n) is 2.81. The molecule has 2 atom stereocenters. The first-order chi connectivity index (χ1) is 6.84. The van der Waals surface area contributed by atoms with Crippen LogP contribution in [0.4, 0.5) is 0 Å². The Morgan fingerprint density at radius 1 is 1.71 bits per heavy atom. The Hall–Kier alpha value is -0.940. The van der Waals surface area contributed by atoms with Crippen LogP contribution in [0.2, 0.25) is 0 Å². The highest BCUT2D eigenvalue weighted by molar-refractivity contribution is 7.07. The van der Waals surface area contributed by atoms with Crippen LogP contribution in [-0.2, 0) is 4.74 Å². The molecule has 3 heterocycles. The molecule has 2 saturated heterocycles. The summed E-state index contributed by atoms with van der Waals surface area (Å²) in [5.41, 5.74) is 2.26. The van der Waals surface area contributed by atoms with Crippen LogP contribution in [0, 0.1) is 0 Å². The number of rotatable bonds is 1. The second-order valence-corrected chi connectivity index (χ2v) is 4.39. The second kappa shape index (κ2) is 3.03. The van der Waals surface area contributed by atoms with E-state index in [4.69, 9.17) is 4.74 Å². The molecule has 0 spiro atoms.